The number of carbonyl (C=O) groups is 3. The lowest BCUT2D eigenvalue weighted by molar-refractivity contribution is -0.0588. The van der Waals surface area contributed by atoms with Gasteiger partial charge in [-0.25, -0.2) is 14.4 Å². The predicted octanol–water partition coefficient (Wildman–Crippen LogP) is -2.95. The van der Waals surface area contributed by atoms with Crippen LogP contribution in [0.5, 0.6) is 0 Å². The number of carbonyl (C=O) groups excluding carboxylic acids is 3. The number of hydrogen-bond acceptors (Lipinski definition) is 6. The number of esters is 3. The molecule has 0 aliphatic heterocycles. The van der Waals surface area contributed by atoms with Gasteiger partial charge in [-0.2, -0.15) is 0 Å². The van der Waals surface area contributed by atoms with Crippen molar-refractivity contribution in [2.75, 3.05) is 0 Å². The van der Waals surface area contributed by atoms with Crippen LogP contribution in [0.4, 0.5) is 0 Å². The van der Waals surface area contributed by atoms with E-state index in [1.54, 1.807) is 0 Å². The van der Waals surface area contributed by atoms with Crippen LogP contribution in [-0.4, -0.2) is 107 Å². The third-order valence-electron chi connectivity index (χ3n) is 10.7. The van der Waals surface area contributed by atoms with E-state index >= 15 is 0 Å². The van der Waals surface area contributed by atoms with Crippen molar-refractivity contribution in [3.63, 3.8) is 0 Å². The lowest BCUT2D eigenvalue weighted by Crippen LogP contribution is -2.40. The molecular formula is C36H51B9O6. The molecular weight excluding hydrogens is 626 g/mol. The molecule has 3 aromatic rings. The molecule has 0 saturated heterocycles. The predicted molar refractivity (Wildman–Crippen MR) is 231 cm³/mol. The molecule has 1 aliphatic rings. The van der Waals surface area contributed by atoms with Crippen molar-refractivity contribution < 1.29 is 28.6 Å². The van der Waals surface area contributed by atoms with Crippen molar-refractivity contribution in [2.24, 2.45) is 0 Å². The van der Waals surface area contributed by atoms with Crippen LogP contribution in [0.2, 0.25) is 0 Å². The molecule has 258 valence electrons. The highest BCUT2D eigenvalue weighted by atomic mass is 16.6. The Morgan fingerprint density at radius 2 is 0.667 bits per heavy atom. The largest absolute Gasteiger partial charge is 0.458 e. The van der Waals surface area contributed by atoms with Gasteiger partial charge in [0, 0.05) is 19.3 Å². The summed E-state index contributed by atoms with van der Waals surface area (Å²) in [4.78, 5) is 41.8. The van der Waals surface area contributed by atoms with Crippen LogP contribution in [0.1, 0.15) is 100 Å². The summed E-state index contributed by atoms with van der Waals surface area (Å²) in [6, 6.07) is 12.4. The first-order valence-corrected chi connectivity index (χ1v) is 19.6. The SMILES string of the molecule is BCc1cc(CB)c(CB)c(C(=O)OC2CC(OC(=O)c3cc(CB)cc(CB)c3CB)CC(OC(=O)c3cc(CB)cc(CB)c3CB)C2)c1. The van der Waals surface area contributed by atoms with Gasteiger partial charge in [0.2, 0.25) is 0 Å². The minimum Gasteiger partial charge on any atom is -0.458 e. The summed E-state index contributed by atoms with van der Waals surface area (Å²) in [5.74, 6) is -1.15. The smallest absolute Gasteiger partial charge is 0.338 e. The van der Waals surface area contributed by atoms with Crippen molar-refractivity contribution in [3.8, 4) is 0 Å². The highest BCUT2D eigenvalue weighted by Gasteiger charge is 2.37. The van der Waals surface area contributed by atoms with Gasteiger partial charge < -0.3 is 14.2 Å². The van der Waals surface area contributed by atoms with Gasteiger partial charge in [0.05, 0.1) is 16.7 Å². The van der Waals surface area contributed by atoms with Crippen LogP contribution in [0.3, 0.4) is 0 Å². The Labute approximate surface area is 313 Å². The van der Waals surface area contributed by atoms with Crippen LogP contribution in [0, 0.1) is 0 Å². The first kappa shape index (κ1) is 40.4. The fraction of sp³-hybridized carbons (Fsp3) is 0.417. The standard InChI is InChI=1S/C36H51B9O6/c37-10-19-1-22(13-40)31(16-43)28(4-19)34(46)49-25-7-26(50-35(47)29-5-20(11-38)2-23(14-41)32(29)17-44)9-27(8-25)51-36(48)30-6-21(12-39)3-24(15-42)33(30)18-45/h1-6,25-27H,7-18,37-45H2. The molecule has 0 radical (unpaired) electrons. The average molecular weight is 677 g/mol. The normalized spacial score (nSPS) is 17.1. The molecule has 1 aliphatic carbocycles. The Balaban J connectivity index is 1.68. The van der Waals surface area contributed by atoms with Crippen LogP contribution in [0.15, 0.2) is 36.4 Å². The number of benzene rings is 3. The van der Waals surface area contributed by atoms with E-state index < -0.39 is 18.3 Å². The van der Waals surface area contributed by atoms with Crippen molar-refractivity contribution in [2.45, 2.75) is 94.5 Å². The van der Waals surface area contributed by atoms with E-state index in [9.17, 15) is 14.4 Å². The van der Waals surface area contributed by atoms with Crippen LogP contribution in [0.25, 0.3) is 0 Å². The van der Waals surface area contributed by atoms with Gasteiger partial charge in [-0.3, -0.25) is 0 Å². The third kappa shape index (κ3) is 9.56. The summed E-state index contributed by atoms with van der Waals surface area (Å²) < 4.78 is 18.8. The summed E-state index contributed by atoms with van der Waals surface area (Å²) in [5.41, 5.74) is 11.6. The fourth-order valence-electron chi connectivity index (χ4n) is 7.85. The quantitative estimate of drug-likeness (QED) is 0.0974. The fourth-order valence-corrected chi connectivity index (χ4v) is 7.85. The lowest BCUT2D eigenvalue weighted by Gasteiger charge is -2.34. The van der Waals surface area contributed by atoms with Crippen LogP contribution in [-0.2, 0) is 71.1 Å². The van der Waals surface area contributed by atoms with Crippen molar-refractivity contribution in [1.29, 1.82) is 0 Å². The molecule has 0 spiro atoms. The number of hydrogen-bond donors (Lipinski definition) is 0. The molecule has 0 bridgehead atoms. The van der Waals surface area contributed by atoms with E-state index in [1.807, 2.05) is 18.2 Å². The molecule has 51 heavy (non-hydrogen) atoms. The third-order valence-corrected chi connectivity index (χ3v) is 10.7. The van der Waals surface area contributed by atoms with E-state index in [0.29, 0.717) is 36.0 Å². The van der Waals surface area contributed by atoms with Crippen molar-refractivity contribution >= 4 is 88.5 Å². The first-order chi connectivity index (χ1) is 24.6. The Kier molecular flexibility index (Phi) is 15.0. The Hall–Kier alpha value is -3.35. The van der Waals surface area contributed by atoms with Crippen molar-refractivity contribution in [3.05, 3.63) is 103 Å². The van der Waals surface area contributed by atoms with Crippen molar-refractivity contribution in [1.82, 2.24) is 0 Å². The second-order valence-corrected chi connectivity index (χ2v) is 13.8. The summed E-state index contributed by atoms with van der Waals surface area (Å²) in [6.07, 6.45) is 6.29. The van der Waals surface area contributed by atoms with Gasteiger partial charge >= 0.3 is 17.9 Å². The molecule has 15 heteroatoms. The van der Waals surface area contributed by atoms with Gasteiger partial charge in [0.25, 0.3) is 0 Å². The zero-order valence-electron chi connectivity index (χ0n) is 32.6. The molecule has 1 saturated carbocycles. The minimum atomic E-state index is -0.598. The lowest BCUT2D eigenvalue weighted by atomic mass is 9.81. The second kappa shape index (κ2) is 18.9. The molecule has 0 N–H and O–H groups in total. The van der Waals surface area contributed by atoms with Gasteiger partial charge in [0.15, 0.2) is 0 Å². The summed E-state index contributed by atoms with van der Waals surface area (Å²) in [5, 5.41) is 0. The second-order valence-electron chi connectivity index (χ2n) is 13.8. The highest BCUT2D eigenvalue weighted by molar-refractivity contribution is 6.14. The minimum absolute atomic E-state index is 0.335. The molecule has 3 aromatic carbocycles. The Bertz CT molecular complexity index is 1530. The van der Waals surface area contributed by atoms with E-state index in [-0.39, 0.29) is 17.9 Å². The summed E-state index contributed by atoms with van der Waals surface area (Å²) in [7, 11) is 18.8. The topological polar surface area (TPSA) is 78.9 Å². The van der Waals surface area contributed by atoms with Gasteiger partial charge in [0.1, 0.15) is 88.9 Å². The van der Waals surface area contributed by atoms with Gasteiger partial charge in [-0.05, 0) is 34.9 Å². The Morgan fingerprint density at radius 1 is 0.412 bits per heavy atom. The molecule has 6 nitrogen and oxygen atoms in total. The van der Waals surface area contributed by atoms with Crippen LogP contribution < -0.4 is 0 Å². The molecule has 0 amide bonds. The number of ether oxygens (including phenoxy) is 3. The van der Waals surface area contributed by atoms with Gasteiger partial charge in [-0.15, -0.1) is 0 Å². The molecule has 4 rings (SSSR count). The molecule has 0 atom stereocenters. The average Bonchev–Trinajstić information content (AvgIpc) is 3.15. The molecule has 1 fully saturated rings. The maximum Gasteiger partial charge on any atom is 0.338 e. The van der Waals surface area contributed by atoms with E-state index in [0.717, 1.165) is 107 Å². The van der Waals surface area contributed by atoms with E-state index in [1.165, 1.54) is 0 Å². The number of rotatable bonds is 15. The Morgan fingerprint density at radius 3 is 0.863 bits per heavy atom. The van der Waals surface area contributed by atoms with E-state index in [4.69, 9.17) is 14.2 Å². The zero-order valence-corrected chi connectivity index (χ0v) is 32.6. The summed E-state index contributed by atoms with van der Waals surface area (Å²) in [6.45, 7) is 0. The summed E-state index contributed by atoms with van der Waals surface area (Å²) >= 11 is 0. The van der Waals surface area contributed by atoms with Crippen LogP contribution >= 0.6 is 0 Å². The maximum absolute atomic E-state index is 13.9. The molecule has 0 unspecified atom stereocenters. The molecule has 0 aromatic heterocycles. The monoisotopic (exact) mass is 678 g/mol. The zero-order chi connectivity index (χ0) is 37.2. The first-order valence-electron chi connectivity index (χ1n) is 19.6. The van der Waals surface area contributed by atoms with Gasteiger partial charge in [-0.1, -0.05) is 108 Å². The maximum atomic E-state index is 13.9. The highest BCUT2D eigenvalue weighted by Crippen LogP contribution is 2.31. The molecule has 0 heterocycles. The van der Waals surface area contributed by atoms with E-state index in [2.05, 4.69) is 88.8 Å².